The van der Waals surface area contributed by atoms with Gasteiger partial charge in [-0.3, -0.25) is 0 Å². The first-order valence-corrected chi connectivity index (χ1v) is 11.2. The molecule has 0 aliphatic rings. The van der Waals surface area contributed by atoms with E-state index in [-0.39, 0.29) is 37.5 Å². The van der Waals surface area contributed by atoms with E-state index in [9.17, 15) is 14.4 Å². The number of H-pyrrole nitrogens is 2. The highest BCUT2D eigenvalue weighted by molar-refractivity contribution is 5.99. The summed E-state index contributed by atoms with van der Waals surface area (Å²) in [5.74, 6) is -1.50. The molecule has 34 heavy (non-hydrogen) atoms. The van der Waals surface area contributed by atoms with Crippen molar-refractivity contribution in [2.24, 2.45) is 0 Å². The lowest BCUT2D eigenvalue weighted by atomic mass is 10.0. The molecule has 3 aromatic rings. The molecule has 8 heteroatoms. The largest absolute Gasteiger partial charge is 0.462 e. The first kappa shape index (κ1) is 24.8. The number of rotatable bonds is 9. The van der Waals surface area contributed by atoms with Crippen LogP contribution in [0.1, 0.15) is 78.8 Å². The van der Waals surface area contributed by atoms with Crippen molar-refractivity contribution in [1.82, 2.24) is 9.97 Å². The van der Waals surface area contributed by atoms with E-state index in [1.54, 1.807) is 27.7 Å². The highest BCUT2D eigenvalue weighted by atomic mass is 16.5. The number of aromatic amines is 2. The van der Waals surface area contributed by atoms with E-state index in [4.69, 9.17) is 14.2 Å². The number of aryl methyl sites for hydroxylation is 1. The Kier molecular flexibility index (Phi) is 7.94. The average molecular weight is 467 g/mol. The lowest BCUT2D eigenvalue weighted by molar-refractivity contribution is 0.0464. The lowest BCUT2D eigenvalue weighted by Crippen LogP contribution is -2.10. The number of ether oxygens (including phenoxy) is 3. The molecule has 0 saturated heterocycles. The fourth-order valence-electron chi connectivity index (χ4n) is 3.95. The van der Waals surface area contributed by atoms with Crippen LogP contribution in [0.2, 0.25) is 0 Å². The molecular weight excluding hydrogens is 436 g/mol. The molecule has 1 aromatic carbocycles. The molecule has 2 heterocycles. The summed E-state index contributed by atoms with van der Waals surface area (Å²) in [6, 6.07) is 9.34. The Morgan fingerprint density at radius 3 is 1.97 bits per heavy atom. The highest BCUT2D eigenvalue weighted by Gasteiger charge is 2.27. The number of carbonyl (C=O) groups is 3. The van der Waals surface area contributed by atoms with Crippen LogP contribution in [0.3, 0.4) is 0 Å². The fourth-order valence-corrected chi connectivity index (χ4v) is 3.95. The van der Waals surface area contributed by atoms with Crippen molar-refractivity contribution in [3.63, 3.8) is 0 Å². The number of aromatic nitrogens is 2. The first-order chi connectivity index (χ1) is 16.3. The maximum absolute atomic E-state index is 12.8. The maximum Gasteiger partial charge on any atom is 0.355 e. The zero-order valence-corrected chi connectivity index (χ0v) is 20.2. The van der Waals surface area contributed by atoms with Gasteiger partial charge < -0.3 is 24.2 Å². The summed E-state index contributed by atoms with van der Waals surface area (Å²) in [6.07, 6.45) is 0.257. The van der Waals surface area contributed by atoms with E-state index < -0.39 is 17.9 Å². The van der Waals surface area contributed by atoms with Crippen LogP contribution < -0.4 is 0 Å². The van der Waals surface area contributed by atoms with Crippen molar-refractivity contribution in [2.45, 2.75) is 47.6 Å². The van der Waals surface area contributed by atoms with Crippen LogP contribution in [0, 0.1) is 20.8 Å². The van der Waals surface area contributed by atoms with Gasteiger partial charge in [-0.15, -0.1) is 0 Å². The normalized spacial score (nSPS) is 10.7. The Morgan fingerprint density at radius 1 is 0.735 bits per heavy atom. The SMILES string of the molecule is CCOC(=O)c1c(C)[nH]c(Cc2[nH]c(C(=O)OCc3ccccc3)c(C)c2C(=O)OCC)c1C. The number of carbonyl (C=O) groups excluding carboxylic acids is 3. The van der Waals surface area contributed by atoms with Gasteiger partial charge in [-0.25, -0.2) is 14.4 Å². The van der Waals surface area contributed by atoms with E-state index in [0.29, 0.717) is 22.5 Å². The summed E-state index contributed by atoms with van der Waals surface area (Å²) < 4.78 is 15.9. The fraction of sp³-hybridized carbons (Fsp3) is 0.346. The van der Waals surface area contributed by atoms with Crippen molar-refractivity contribution >= 4 is 17.9 Å². The van der Waals surface area contributed by atoms with Crippen molar-refractivity contribution < 1.29 is 28.6 Å². The number of hydrogen-bond acceptors (Lipinski definition) is 6. The molecule has 0 unspecified atom stereocenters. The van der Waals surface area contributed by atoms with Crippen molar-refractivity contribution in [1.29, 1.82) is 0 Å². The van der Waals surface area contributed by atoms with Gasteiger partial charge in [0, 0.05) is 23.5 Å². The third kappa shape index (κ3) is 5.22. The smallest absolute Gasteiger partial charge is 0.355 e. The Morgan fingerprint density at radius 2 is 1.35 bits per heavy atom. The Balaban J connectivity index is 1.94. The molecule has 0 spiro atoms. The van der Waals surface area contributed by atoms with E-state index in [2.05, 4.69) is 9.97 Å². The Labute approximate surface area is 198 Å². The van der Waals surface area contributed by atoms with Gasteiger partial charge in [0.1, 0.15) is 12.3 Å². The predicted octanol–water partition coefficient (Wildman–Crippen LogP) is 4.57. The van der Waals surface area contributed by atoms with E-state index >= 15 is 0 Å². The molecule has 0 fully saturated rings. The quantitative estimate of drug-likeness (QED) is 0.353. The van der Waals surface area contributed by atoms with Crippen LogP contribution in [0.4, 0.5) is 0 Å². The van der Waals surface area contributed by atoms with E-state index in [1.807, 2.05) is 37.3 Å². The Hall–Kier alpha value is -3.81. The molecule has 2 aromatic heterocycles. The standard InChI is InChI=1S/C26H30N2O6/c1-6-32-24(29)21-15(3)19(27-17(21)5)13-20-22(25(30)33-7-2)16(4)23(28-20)26(31)34-14-18-11-9-8-10-12-18/h8-12,27-28H,6-7,13-14H2,1-5H3. The second-order valence-electron chi connectivity index (χ2n) is 7.89. The van der Waals surface area contributed by atoms with Gasteiger partial charge in [0.25, 0.3) is 0 Å². The van der Waals surface area contributed by atoms with Gasteiger partial charge in [-0.2, -0.15) is 0 Å². The first-order valence-electron chi connectivity index (χ1n) is 11.2. The summed E-state index contributed by atoms with van der Waals surface area (Å²) in [5, 5.41) is 0. The summed E-state index contributed by atoms with van der Waals surface area (Å²) >= 11 is 0. The predicted molar refractivity (Wildman–Crippen MR) is 126 cm³/mol. The molecule has 8 nitrogen and oxygen atoms in total. The summed E-state index contributed by atoms with van der Waals surface area (Å²) in [7, 11) is 0. The second kappa shape index (κ2) is 10.9. The minimum Gasteiger partial charge on any atom is -0.462 e. The van der Waals surface area contributed by atoms with Gasteiger partial charge in [0.2, 0.25) is 0 Å². The molecule has 180 valence electrons. The third-order valence-electron chi connectivity index (χ3n) is 5.60. The van der Waals surface area contributed by atoms with Crippen LogP contribution in [0.15, 0.2) is 30.3 Å². The minimum absolute atomic E-state index is 0.111. The van der Waals surface area contributed by atoms with Crippen molar-refractivity contribution in [3.8, 4) is 0 Å². The average Bonchev–Trinajstić information content (AvgIpc) is 3.28. The van der Waals surface area contributed by atoms with Gasteiger partial charge in [0.15, 0.2) is 0 Å². The zero-order chi connectivity index (χ0) is 24.8. The molecule has 0 bridgehead atoms. The molecule has 2 N–H and O–H groups in total. The molecule has 0 saturated carbocycles. The van der Waals surface area contributed by atoms with Crippen LogP contribution in [0.5, 0.6) is 0 Å². The van der Waals surface area contributed by atoms with Crippen LogP contribution in [-0.2, 0) is 27.2 Å². The molecular formula is C26H30N2O6. The zero-order valence-electron chi connectivity index (χ0n) is 20.2. The van der Waals surface area contributed by atoms with Gasteiger partial charge in [-0.05, 0) is 51.3 Å². The van der Waals surface area contributed by atoms with Crippen molar-refractivity contribution in [3.05, 3.63) is 80.9 Å². The topological polar surface area (TPSA) is 110 Å². The van der Waals surface area contributed by atoms with Gasteiger partial charge >= 0.3 is 17.9 Å². The van der Waals surface area contributed by atoms with E-state index in [0.717, 1.165) is 16.8 Å². The molecule has 0 radical (unpaired) electrons. The third-order valence-corrected chi connectivity index (χ3v) is 5.60. The molecule has 3 rings (SSSR count). The molecule has 0 amide bonds. The van der Waals surface area contributed by atoms with Crippen LogP contribution in [0.25, 0.3) is 0 Å². The number of esters is 3. The number of hydrogen-bond donors (Lipinski definition) is 2. The van der Waals surface area contributed by atoms with Crippen LogP contribution in [-0.4, -0.2) is 41.1 Å². The lowest BCUT2D eigenvalue weighted by Gasteiger charge is -2.06. The Bertz CT molecular complexity index is 1190. The number of benzene rings is 1. The molecule has 0 aliphatic heterocycles. The molecule has 0 atom stereocenters. The second-order valence-corrected chi connectivity index (χ2v) is 7.89. The molecule has 0 aliphatic carbocycles. The van der Waals surface area contributed by atoms with Gasteiger partial charge in [-0.1, -0.05) is 30.3 Å². The summed E-state index contributed by atoms with van der Waals surface area (Å²) in [5.41, 5.74) is 4.91. The van der Waals surface area contributed by atoms with Gasteiger partial charge in [0.05, 0.1) is 24.3 Å². The minimum atomic E-state index is -0.565. The number of nitrogens with one attached hydrogen (secondary N) is 2. The summed E-state index contributed by atoms with van der Waals surface area (Å²) in [4.78, 5) is 44.3. The maximum atomic E-state index is 12.8. The summed E-state index contributed by atoms with van der Waals surface area (Å²) in [6.45, 7) is 9.35. The van der Waals surface area contributed by atoms with Crippen LogP contribution >= 0.6 is 0 Å². The monoisotopic (exact) mass is 466 g/mol. The highest BCUT2D eigenvalue weighted by Crippen LogP contribution is 2.26. The van der Waals surface area contributed by atoms with E-state index in [1.165, 1.54) is 0 Å². The van der Waals surface area contributed by atoms with Crippen molar-refractivity contribution in [2.75, 3.05) is 13.2 Å².